The molecule has 6 nitrogen and oxygen atoms in total. The van der Waals surface area contributed by atoms with Crippen LogP contribution >= 0.6 is 11.3 Å². The summed E-state index contributed by atoms with van der Waals surface area (Å²) in [4.78, 5) is 24.1. The number of aryl methyl sites for hydroxylation is 1. The summed E-state index contributed by atoms with van der Waals surface area (Å²) >= 11 is 1.25. The number of ether oxygens (including phenoxy) is 2. The molecule has 0 aliphatic heterocycles. The van der Waals surface area contributed by atoms with Crippen LogP contribution in [0.4, 0.5) is 0 Å². The molecule has 1 rings (SSSR count). The molecule has 18 heavy (non-hydrogen) atoms. The second kappa shape index (κ2) is 6.36. The molecule has 1 aromatic rings. The van der Waals surface area contributed by atoms with Gasteiger partial charge in [0.25, 0.3) is 5.91 Å². The number of carboxylic acids is 1. The minimum absolute atomic E-state index is 0.0895. The average molecular weight is 273 g/mol. The van der Waals surface area contributed by atoms with Gasteiger partial charge in [0.2, 0.25) is 0 Å². The van der Waals surface area contributed by atoms with Crippen molar-refractivity contribution in [2.75, 3.05) is 20.8 Å². The number of methoxy groups -OCH3 is 2. The zero-order valence-corrected chi connectivity index (χ0v) is 11.2. The summed E-state index contributed by atoms with van der Waals surface area (Å²) in [5.74, 6) is -1.18. The monoisotopic (exact) mass is 273 g/mol. The van der Waals surface area contributed by atoms with E-state index in [1.165, 1.54) is 25.6 Å². The number of hydrogen-bond donors (Lipinski definition) is 2. The molecular formula is C11H15NO5S. The zero-order chi connectivity index (χ0) is 13.7. The van der Waals surface area contributed by atoms with E-state index in [2.05, 4.69) is 5.32 Å². The maximum Gasteiger partial charge on any atom is 0.328 e. The number of thiophene rings is 1. The van der Waals surface area contributed by atoms with Crippen molar-refractivity contribution in [3.63, 3.8) is 0 Å². The number of amides is 1. The molecule has 0 aliphatic rings. The predicted molar refractivity (Wildman–Crippen MR) is 66.4 cm³/mol. The van der Waals surface area contributed by atoms with Crippen LogP contribution < -0.4 is 10.1 Å². The molecule has 2 N–H and O–H groups in total. The van der Waals surface area contributed by atoms with Crippen LogP contribution in [0.25, 0.3) is 0 Å². The van der Waals surface area contributed by atoms with Crippen LogP contribution in [-0.4, -0.2) is 43.9 Å². The van der Waals surface area contributed by atoms with Crippen molar-refractivity contribution in [1.29, 1.82) is 0 Å². The van der Waals surface area contributed by atoms with Crippen molar-refractivity contribution in [2.45, 2.75) is 13.0 Å². The Labute approximate surface area is 109 Å². The summed E-state index contributed by atoms with van der Waals surface area (Å²) in [7, 11) is 2.83. The maximum atomic E-state index is 11.9. The second-order valence-corrected chi connectivity index (χ2v) is 4.83. The fraction of sp³-hybridized carbons (Fsp3) is 0.455. The standard InChI is InChI=1S/C11H15NO5S/c1-6-4-8(17-3)9(18-6)10(13)12-7(5-16-2)11(14)15/h4,7H,5H2,1-3H3,(H,12,13)(H,14,15). The number of nitrogens with one attached hydrogen (secondary N) is 1. The van der Waals surface area contributed by atoms with Gasteiger partial charge in [-0.05, 0) is 13.0 Å². The molecule has 0 aromatic carbocycles. The fourth-order valence-electron chi connectivity index (χ4n) is 1.37. The van der Waals surface area contributed by atoms with E-state index in [0.717, 1.165) is 4.88 Å². The lowest BCUT2D eigenvalue weighted by Crippen LogP contribution is -2.43. The minimum Gasteiger partial charge on any atom is -0.495 e. The summed E-state index contributed by atoms with van der Waals surface area (Å²) in [6.07, 6.45) is 0. The van der Waals surface area contributed by atoms with E-state index in [1.54, 1.807) is 6.07 Å². The molecular weight excluding hydrogens is 258 g/mol. The number of carboxylic acid groups (broad SMARTS) is 1. The lowest BCUT2D eigenvalue weighted by Gasteiger charge is -2.13. The van der Waals surface area contributed by atoms with Gasteiger partial charge < -0.3 is 19.9 Å². The van der Waals surface area contributed by atoms with Crippen molar-refractivity contribution in [1.82, 2.24) is 5.32 Å². The molecule has 0 radical (unpaired) electrons. The van der Waals surface area contributed by atoms with Crippen molar-refractivity contribution < 1.29 is 24.2 Å². The van der Waals surface area contributed by atoms with Gasteiger partial charge in [-0.3, -0.25) is 4.79 Å². The molecule has 1 aromatic heterocycles. The Morgan fingerprint density at radius 1 is 1.50 bits per heavy atom. The third kappa shape index (κ3) is 3.44. The van der Waals surface area contributed by atoms with Crippen molar-refractivity contribution in [2.24, 2.45) is 0 Å². The minimum atomic E-state index is -1.14. The molecule has 0 aliphatic carbocycles. The lowest BCUT2D eigenvalue weighted by molar-refractivity contribution is -0.140. The largest absolute Gasteiger partial charge is 0.495 e. The first-order valence-electron chi connectivity index (χ1n) is 5.16. The van der Waals surface area contributed by atoms with Crippen molar-refractivity contribution in [3.05, 3.63) is 15.8 Å². The highest BCUT2D eigenvalue weighted by Gasteiger charge is 2.23. The first-order valence-corrected chi connectivity index (χ1v) is 5.98. The topological polar surface area (TPSA) is 84.9 Å². The van der Waals surface area contributed by atoms with Gasteiger partial charge in [-0.25, -0.2) is 4.79 Å². The molecule has 100 valence electrons. The molecule has 1 atom stereocenters. The van der Waals surface area contributed by atoms with Crippen LogP contribution in [0, 0.1) is 6.92 Å². The van der Waals surface area contributed by atoms with Crippen LogP contribution in [-0.2, 0) is 9.53 Å². The molecule has 0 bridgehead atoms. The number of hydrogen-bond acceptors (Lipinski definition) is 5. The van der Waals surface area contributed by atoms with E-state index in [4.69, 9.17) is 14.6 Å². The van der Waals surface area contributed by atoms with E-state index in [9.17, 15) is 9.59 Å². The Morgan fingerprint density at radius 2 is 2.17 bits per heavy atom. The smallest absolute Gasteiger partial charge is 0.328 e. The van der Waals surface area contributed by atoms with Gasteiger partial charge in [0.1, 0.15) is 10.6 Å². The SMILES string of the molecule is COCC(NC(=O)c1sc(C)cc1OC)C(=O)O. The van der Waals surface area contributed by atoms with Crippen LogP contribution in [0.15, 0.2) is 6.07 Å². The van der Waals surface area contributed by atoms with Crippen LogP contribution in [0.1, 0.15) is 14.5 Å². The Bertz CT molecular complexity index is 443. The molecule has 7 heteroatoms. The summed E-state index contributed by atoms with van der Waals surface area (Å²) in [5, 5.41) is 11.3. The molecule has 0 fully saturated rings. The fourth-order valence-corrected chi connectivity index (χ4v) is 2.25. The van der Waals surface area contributed by atoms with Gasteiger partial charge in [0, 0.05) is 12.0 Å². The maximum absolute atomic E-state index is 11.9. The molecule has 0 saturated heterocycles. The lowest BCUT2D eigenvalue weighted by atomic mass is 10.3. The highest BCUT2D eigenvalue weighted by Crippen LogP contribution is 2.28. The van der Waals surface area contributed by atoms with Gasteiger partial charge in [0.05, 0.1) is 13.7 Å². The van der Waals surface area contributed by atoms with Crippen LogP contribution in [0.2, 0.25) is 0 Å². The van der Waals surface area contributed by atoms with Gasteiger partial charge in [-0.1, -0.05) is 0 Å². The third-order valence-electron chi connectivity index (χ3n) is 2.18. The highest BCUT2D eigenvalue weighted by atomic mass is 32.1. The van der Waals surface area contributed by atoms with E-state index in [0.29, 0.717) is 10.6 Å². The van der Waals surface area contributed by atoms with Crippen LogP contribution in [0.5, 0.6) is 5.75 Å². The summed E-state index contributed by atoms with van der Waals surface area (Å²) in [5.41, 5.74) is 0. The highest BCUT2D eigenvalue weighted by molar-refractivity contribution is 7.14. The first kappa shape index (κ1) is 14.5. The average Bonchev–Trinajstić information content (AvgIpc) is 2.69. The molecule has 0 saturated carbocycles. The van der Waals surface area contributed by atoms with E-state index in [-0.39, 0.29) is 6.61 Å². The van der Waals surface area contributed by atoms with Crippen LogP contribution in [0.3, 0.4) is 0 Å². The van der Waals surface area contributed by atoms with Gasteiger partial charge >= 0.3 is 5.97 Å². The second-order valence-electron chi connectivity index (χ2n) is 3.57. The van der Waals surface area contributed by atoms with E-state index in [1.807, 2.05) is 6.92 Å². The van der Waals surface area contributed by atoms with E-state index < -0.39 is 17.9 Å². The zero-order valence-electron chi connectivity index (χ0n) is 10.4. The molecule has 0 spiro atoms. The van der Waals surface area contributed by atoms with Crippen molar-refractivity contribution >= 4 is 23.2 Å². The quantitative estimate of drug-likeness (QED) is 0.804. The Morgan fingerprint density at radius 3 is 2.67 bits per heavy atom. The Balaban J connectivity index is 2.83. The summed E-state index contributed by atoms with van der Waals surface area (Å²) in [6.45, 7) is 1.75. The molecule has 1 amide bonds. The number of rotatable bonds is 6. The van der Waals surface area contributed by atoms with Gasteiger partial charge in [-0.2, -0.15) is 0 Å². The number of carbonyl (C=O) groups excluding carboxylic acids is 1. The summed E-state index contributed by atoms with van der Waals surface area (Å²) in [6, 6.07) is 0.653. The van der Waals surface area contributed by atoms with Gasteiger partial charge in [-0.15, -0.1) is 11.3 Å². The number of aliphatic carboxylic acids is 1. The Hall–Kier alpha value is -1.60. The molecule has 1 unspecified atom stereocenters. The third-order valence-corrected chi connectivity index (χ3v) is 3.21. The normalized spacial score (nSPS) is 11.9. The van der Waals surface area contributed by atoms with E-state index >= 15 is 0 Å². The van der Waals surface area contributed by atoms with Gasteiger partial charge in [0.15, 0.2) is 6.04 Å². The molecule has 1 heterocycles. The summed E-state index contributed by atoms with van der Waals surface area (Å²) < 4.78 is 9.80. The Kier molecular flexibility index (Phi) is 5.11. The predicted octanol–water partition coefficient (Wildman–Crippen LogP) is 0.895. The van der Waals surface area contributed by atoms with Crippen molar-refractivity contribution in [3.8, 4) is 5.75 Å². The first-order chi connectivity index (χ1) is 8.49. The number of carbonyl (C=O) groups is 2.